The van der Waals surface area contributed by atoms with Gasteiger partial charge in [0.25, 0.3) is 0 Å². The molecule has 1 unspecified atom stereocenters. The van der Waals surface area contributed by atoms with Gasteiger partial charge in [-0.2, -0.15) is 5.26 Å². The zero-order chi connectivity index (χ0) is 22.3. The predicted octanol–water partition coefficient (Wildman–Crippen LogP) is 6.73. The smallest absolute Gasteiger partial charge is 0.347 e. The zero-order valence-electron chi connectivity index (χ0n) is 17.7. The van der Waals surface area contributed by atoms with Crippen molar-refractivity contribution in [2.45, 2.75) is 64.6 Å². The van der Waals surface area contributed by atoms with E-state index in [-0.39, 0.29) is 22.6 Å². The van der Waals surface area contributed by atoms with Crippen molar-refractivity contribution in [3.63, 3.8) is 0 Å². The maximum atomic E-state index is 15.5. The Hall–Kier alpha value is -2.94. The van der Waals surface area contributed by atoms with E-state index in [1.807, 2.05) is 0 Å². The van der Waals surface area contributed by atoms with Gasteiger partial charge < -0.3 is 9.47 Å². The number of carbonyl (C=O) groups is 1. The van der Waals surface area contributed by atoms with Gasteiger partial charge in [0.15, 0.2) is 0 Å². The molecule has 2 aromatic rings. The Labute approximate surface area is 181 Å². The SMILES string of the molecule is CCCCC1(C(F)Oc2ccccc2C(=O)Oc2ccc(C#N)c(F)c2)CCCCC1. The maximum absolute atomic E-state index is 15.5. The Morgan fingerprint density at radius 2 is 1.94 bits per heavy atom. The normalized spacial score (nSPS) is 16.2. The number of nitrogens with zero attached hydrogens (tertiary/aromatic N) is 1. The van der Waals surface area contributed by atoms with E-state index < -0.39 is 23.6 Å². The van der Waals surface area contributed by atoms with E-state index in [1.54, 1.807) is 24.3 Å². The van der Waals surface area contributed by atoms with Crippen LogP contribution in [-0.4, -0.2) is 12.3 Å². The molecule has 3 rings (SSSR count). The van der Waals surface area contributed by atoms with E-state index in [1.165, 1.54) is 18.2 Å². The van der Waals surface area contributed by atoms with Crippen LogP contribution >= 0.6 is 0 Å². The summed E-state index contributed by atoms with van der Waals surface area (Å²) < 4.78 is 40.3. The number of unbranched alkanes of at least 4 members (excludes halogenated alkanes) is 1. The van der Waals surface area contributed by atoms with Gasteiger partial charge in [0.05, 0.1) is 5.56 Å². The summed E-state index contributed by atoms with van der Waals surface area (Å²) in [5, 5.41) is 8.82. The molecule has 0 aliphatic heterocycles. The number of hydrogen-bond acceptors (Lipinski definition) is 4. The van der Waals surface area contributed by atoms with Crippen LogP contribution in [0.5, 0.6) is 11.5 Å². The second kappa shape index (κ2) is 10.4. The van der Waals surface area contributed by atoms with E-state index in [0.29, 0.717) is 0 Å². The maximum Gasteiger partial charge on any atom is 0.347 e. The quantitative estimate of drug-likeness (QED) is 0.346. The Morgan fingerprint density at radius 1 is 1.19 bits per heavy atom. The first kappa shape index (κ1) is 22.7. The Morgan fingerprint density at radius 3 is 2.61 bits per heavy atom. The molecule has 1 aliphatic rings. The third-order valence-corrected chi connectivity index (χ3v) is 5.97. The molecular formula is C25H27F2NO3. The molecule has 0 N–H and O–H groups in total. The van der Waals surface area contributed by atoms with Gasteiger partial charge in [0, 0.05) is 11.5 Å². The number of ether oxygens (including phenoxy) is 2. The first-order valence-corrected chi connectivity index (χ1v) is 10.8. The topological polar surface area (TPSA) is 59.3 Å². The van der Waals surface area contributed by atoms with Crippen LogP contribution in [0, 0.1) is 22.6 Å². The van der Waals surface area contributed by atoms with E-state index in [4.69, 9.17) is 14.7 Å². The Balaban J connectivity index is 1.78. The molecule has 6 heteroatoms. The van der Waals surface area contributed by atoms with Crippen molar-refractivity contribution in [1.82, 2.24) is 0 Å². The molecule has 0 radical (unpaired) electrons. The summed E-state index contributed by atoms with van der Waals surface area (Å²) in [5.41, 5.74) is -0.619. The van der Waals surface area contributed by atoms with Gasteiger partial charge in [-0.15, -0.1) is 0 Å². The van der Waals surface area contributed by atoms with Crippen molar-refractivity contribution in [3.8, 4) is 17.6 Å². The number of nitriles is 1. The minimum atomic E-state index is -1.53. The predicted molar refractivity (Wildman–Crippen MR) is 113 cm³/mol. The molecule has 1 fully saturated rings. The molecule has 1 atom stereocenters. The van der Waals surface area contributed by atoms with Crippen LogP contribution in [0.2, 0.25) is 0 Å². The number of esters is 1. The average molecular weight is 427 g/mol. The molecule has 4 nitrogen and oxygen atoms in total. The highest BCUT2D eigenvalue weighted by Gasteiger charge is 2.41. The summed E-state index contributed by atoms with van der Waals surface area (Å²) in [4.78, 5) is 12.7. The van der Waals surface area contributed by atoms with Crippen LogP contribution in [0.15, 0.2) is 42.5 Å². The third kappa shape index (κ3) is 5.41. The average Bonchev–Trinajstić information content (AvgIpc) is 2.78. The number of hydrogen-bond donors (Lipinski definition) is 0. The fourth-order valence-electron chi connectivity index (χ4n) is 4.16. The fourth-order valence-corrected chi connectivity index (χ4v) is 4.16. The standard InChI is InChI=1S/C25H27F2NO3/c1-2-3-13-25(14-7-4-8-15-25)24(27)31-22-10-6-5-9-20(22)23(29)30-19-12-11-18(17-28)21(26)16-19/h5-6,9-12,16,24H,2-4,7-8,13-15H2,1H3. The number of benzene rings is 2. The van der Waals surface area contributed by atoms with Gasteiger partial charge in [-0.1, -0.05) is 51.2 Å². The zero-order valence-corrected chi connectivity index (χ0v) is 17.7. The first-order valence-electron chi connectivity index (χ1n) is 10.8. The summed E-state index contributed by atoms with van der Waals surface area (Å²) >= 11 is 0. The van der Waals surface area contributed by atoms with E-state index >= 15 is 4.39 Å². The van der Waals surface area contributed by atoms with E-state index in [2.05, 4.69) is 6.92 Å². The Bertz CT molecular complexity index is 948. The van der Waals surface area contributed by atoms with Crippen LogP contribution < -0.4 is 9.47 Å². The molecule has 2 aromatic carbocycles. The highest BCUT2D eigenvalue weighted by molar-refractivity contribution is 5.94. The molecule has 0 spiro atoms. The lowest BCUT2D eigenvalue weighted by Crippen LogP contribution is -2.38. The second-order valence-electron chi connectivity index (χ2n) is 8.10. The number of rotatable bonds is 8. The number of alkyl halides is 1. The van der Waals surface area contributed by atoms with Crippen LogP contribution in [0.3, 0.4) is 0 Å². The molecule has 31 heavy (non-hydrogen) atoms. The number of carbonyl (C=O) groups excluding carboxylic acids is 1. The van der Waals surface area contributed by atoms with Crippen LogP contribution in [0.25, 0.3) is 0 Å². The van der Waals surface area contributed by atoms with Gasteiger partial charge in [0.2, 0.25) is 6.36 Å². The minimum Gasteiger partial charge on any atom is -0.459 e. The molecular weight excluding hydrogens is 400 g/mol. The highest BCUT2D eigenvalue weighted by atomic mass is 19.1. The van der Waals surface area contributed by atoms with Crippen LogP contribution in [0.4, 0.5) is 8.78 Å². The first-order chi connectivity index (χ1) is 15.0. The minimum absolute atomic E-state index is 0.0419. The van der Waals surface area contributed by atoms with Gasteiger partial charge in [0.1, 0.15) is 28.9 Å². The Kier molecular flexibility index (Phi) is 7.62. The fraction of sp³-hybridized carbons (Fsp3) is 0.440. The molecule has 0 bridgehead atoms. The monoisotopic (exact) mass is 427 g/mol. The molecule has 0 amide bonds. The number of halogens is 2. The second-order valence-corrected chi connectivity index (χ2v) is 8.10. The molecule has 1 saturated carbocycles. The van der Waals surface area contributed by atoms with Crippen molar-refractivity contribution in [3.05, 3.63) is 59.4 Å². The van der Waals surface area contributed by atoms with Gasteiger partial charge >= 0.3 is 5.97 Å². The summed E-state index contributed by atoms with van der Waals surface area (Å²) in [6.07, 6.45) is 5.73. The van der Waals surface area contributed by atoms with Gasteiger partial charge in [-0.3, -0.25) is 0 Å². The molecule has 164 valence electrons. The van der Waals surface area contributed by atoms with Crippen LogP contribution in [0.1, 0.15) is 74.2 Å². The molecule has 0 saturated heterocycles. The van der Waals surface area contributed by atoms with Gasteiger partial charge in [-0.25, -0.2) is 13.6 Å². The van der Waals surface area contributed by atoms with Crippen molar-refractivity contribution in [2.75, 3.05) is 0 Å². The molecule has 1 aliphatic carbocycles. The van der Waals surface area contributed by atoms with Crippen molar-refractivity contribution >= 4 is 5.97 Å². The summed E-state index contributed by atoms with van der Waals surface area (Å²) in [5.74, 6) is -1.50. The van der Waals surface area contributed by atoms with Crippen molar-refractivity contribution in [2.24, 2.45) is 5.41 Å². The summed E-state index contributed by atoms with van der Waals surface area (Å²) in [6.45, 7) is 2.09. The van der Waals surface area contributed by atoms with Crippen molar-refractivity contribution < 1.29 is 23.0 Å². The van der Waals surface area contributed by atoms with Gasteiger partial charge in [-0.05, 0) is 43.5 Å². The summed E-state index contributed by atoms with van der Waals surface area (Å²) in [6, 6.07) is 11.6. The largest absolute Gasteiger partial charge is 0.459 e. The third-order valence-electron chi connectivity index (χ3n) is 5.97. The molecule has 0 aromatic heterocycles. The highest BCUT2D eigenvalue weighted by Crippen LogP contribution is 2.45. The molecule has 0 heterocycles. The lowest BCUT2D eigenvalue weighted by atomic mass is 9.70. The summed E-state index contributed by atoms with van der Waals surface area (Å²) in [7, 11) is 0. The number of para-hydroxylation sites is 1. The van der Waals surface area contributed by atoms with E-state index in [0.717, 1.165) is 57.4 Å². The van der Waals surface area contributed by atoms with E-state index in [9.17, 15) is 9.18 Å². The van der Waals surface area contributed by atoms with Crippen LogP contribution in [-0.2, 0) is 0 Å². The van der Waals surface area contributed by atoms with Crippen molar-refractivity contribution in [1.29, 1.82) is 5.26 Å². The lowest BCUT2D eigenvalue weighted by Gasteiger charge is -2.39. The lowest BCUT2D eigenvalue weighted by molar-refractivity contribution is -0.0794.